The number of hydrogen-bond acceptors (Lipinski definition) is 0. The molecule has 2 radical (unpaired) electrons. The highest BCUT2D eigenvalue weighted by Gasteiger charge is 1.92. The molecule has 17 heavy (non-hydrogen) atoms. The van der Waals surface area contributed by atoms with Crippen LogP contribution in [-0.2, 0) is 0 Å². The maximum absolute atomic E-state index is 5.25. The second kappa shape index (κ2) is 15.5. The lowest BCUT2D eigenvalue weighted by molar-refractivity contribution is 0.553. The second-order valence-electron chi connectivity index (χ2n) is 4.80. The van der Waals surface area contributed by atoms with Crippen molar-refractivity contribution in [3.05, 3.63) is 31.7 Å². The van der Waals surface area contributed by atoms with E-state index in [0.717, 1.165) is 6.42 Å². The molecule has 0 rings (SSSR count). The quantitative estimate of drug-likeness (QED) is 0.269. The first-order chi connectivity index (χ1) is 8.41. The fourth-order valence-corrected chi connectivity index (χ4v) is 2.03. The first kappa shape index (κ1) is 16.5. The predicted octanol–water partition coefficient (Wildman–Crippen LogP) is 6.05. The van der Waals surface area contributed by atoms with Gasteiger partial charge in [0, 0.05) is 0 Å². The first-order valence-electron chi connectivity index (χ1n) is 7.41. The van der Waals surface area contributed by atoms with Gasteiger partial charge in [-0.3, -0.25) is 0 Å². The molecule has 0 fully saturated rings. The standard InChI is InChI=1S/C17H30/c1-3-5-7-9-11-13-15-17-16-14-12-10-8-6-4-2/h1,3,5,7H,2,4,6,8-17H2. The summed E-state index contributed by atoms with van der Waals surface area (Å²) in [6, 6.07) is 0. The van der Waals surface area contributed by atoms with E-state index in [1.807, 2.05) is 6.08 Å². The third kappa shape index (κ3) is 15.5. The monoisotopic (exact) mass is 234 g/mol. The summed E-state index contributed by atoms with van der Waals surface area (Å²) < 4.78 is 0. The lowest BCUT2D eigenvalue weighted by atomic mass is 10.1. The van der Waals surface area contributed by atoms with E-state index in [1.165, 1.54) is 70.6 Å². The van der Waals surface area contributed by atoms with Crippen LogP contribution in [-0.4, -0.2) is 0 Å². The maximum Gasteiger partial charge on any atom is -0.0348 e. The average molecular weight is 234 g/mol. The molecule has 0 aliphatic heterocycles. The molecule has 0 atom stereocenters. The summed E-state index contributed by atoms with van der Waals surface area (Å²) in [5, 5.41) is 0. The molecule has 0 N–H and O–H groups in total. The molecule has 0 aromatic rings. The van der Waals surface area contributed by atoms with Crippen molar-refractivity contribution in [1.29, 1.82) is 0 Å². The van der Waals surface area contributed by atoms with Gasteiger partial charge in [-0.25, -0.2) is 0 Å². The van der Waals surface area contributed by atoms with E-state index >= 15 is 0 Å². The average Bonchev–Trinajstić information content (AvgIpc) is 2.35. The second-order valence-corrected chi connectivity index (χ2v) is 4.80. The summed E-state index contributed by atoms with van der Waals surface area (Å²) in [5.41, 5.74) is 0. The van der Waals surface area contributed by atoms with Crippen LogP contribution in [0.3, 0.4) is 0 Å². The Morgan fingerprint density at radius 2 is 1.18 bits per heavy atom. The minimum absolute atomic E-state index is 1.11. The molecule has 0 aliphatic carbocycles. The van der Waals surface area contributed by atoms with Crippen LogP contribution in [0.4, 0.5) is 0 Å². The van der Waals surface area contributed by atoms with Gasteiger partial charge in [0.1, 0.15) is 0 Å². The molecule has 0 amide bonds. The lowest BCUT2D eigenvalue weighted by Crippen LogP contribution is -1.81. The Hall–Kier alpha value is -0.520. The SMILES string of the molecule is [CH]=CC=CCCCCCCCCCCCC[CH2]. The molecule has 0 unspecified atom stereocenters. The normalized spacial score (nSPS) is 11.1. The zero-order chi connectivity index (χ0) is 12.6. The van der Waals surface area contributed by atoms with Gasteiger partial charge in [0.15, 0.2) is 0 Å². The maximum atomic E-state index is 5.25. The van der Waals surface area contributed by atoms with Crippen LogP contribution in [0.25, 0.3) is 0 Å². The van der Waals surface area contributed by atoms with Crippen LogP contribution < -0.4 is 0 Å². The van der Waals surface area contributed by atoms with Crippen molar-refractivity contribution in [2.75, 3.05) is 0 Å². The van der Waals surface area contributed by atoms with Crippen LogP contribution >= 0.6 is 0 Å². The Morgan fingerprint density at radius 1 is 0.706 bits per heavy atom. The van der Waals surface area contributed by atoms with Crippen molar-refractivity contribution in [2.24, 2.45) is 0 Å². The van der Waals surface area contributed by atoms with E-state index in [4.69, 9.17) is 6.58 Å². The van der Waals surface area contributed by atoms with E-state index in [1.54, 1.807) is 6.08 Å². The van der Waals surface area contributed by atoms with Crippen molar-refractivity contribution in [3.8, 4) is 0 Å². The van der Waals surface area contributed by atoms with Crippen molar-refractivity contribution < 1.29 is 0 Å². The summed E-state index contributed by atoms with van der Waals surface area (Å²) in [5.74, 6) is 0. The molecule has 0 bridgehead atoms. The molecule has 0 heteroatoms. The molecular formula is C17H30. The Kier molecular flexibility index (Phi) is 15.0. The van der Waals surface area contributed by atoms with Gasteiger partial charge < -0.3 is 0 Å². The van der Waals surface area contributed by atoms with Gasteiger partial charge in [0.05, 0.1) is 0 Å². The molecule has 0 aliphatic rings. The van der Waals surface area contributed by atoms with Gasteiger partial charge in [-0.15, -0.1) is 0 Å². The molecule has 98 valence electrons. The fraction of sp³-hybridized carbons (Fsp3) is 0.706. The minimum Gasteiger partial charge on any atom is -0.0845 e. The van der Waals surface area contributed by atoms with Crippen molar-refractivity contribution in [3.63, 3.8) is 0 Å². The predicted molar refractivity (Wildman–Crippen MR) is 78.8 cm³/mol. The van der Waals surface area contributed by atoms with E-state index < -0.39 is 0 Å². The Bertz CT molecular complexity index is 167. The lowest BCUT2D eigenvalue weighted by Gasteiger charge is -2.01. The number of allylic oxidation sites excluding steroid dienone is 3. The highest BCUT2D eigenvalue weighted by molar-refractivity contribution is 4.95. The van der Waals surface area contributed by atoms with Crippen LogP contribution in [0.5, 0.6) is 0 Å². The topological polar surface area (TPSA) is 0 Å². The third-order valence-electron chi connectivity index (χ3n) is 3.12. The minimum atomic E-state index is 1.11. The summed E-state index contributed by atoms with van der Waals surface area (Å²) >= 11 is 0. The number of unbranched alkanes of at least 4 members (excludes halogenated alkanes) is 11. The first-order valence-corrected chi connectivity index (χ1v) is 7.41. The van der Waals surface area contributed by atoms with Crippen LogP contribution in [0, 0.1) is 13.5 Å². The zero-order valence-electron chi connectivity index (χ0n) is 11.5. The van der Waals surface area contributed by atoms with Gasteiger partial charge in [-0.05, 0) is 12.8 Å². The van der Waals surface area contributed by atoms with Gasteiger partial charge in [0.25, 0.3) is 0 Å². The Labute approximate surface area is 109 Å². The van der Waals surface area contributed by atoms with Crippen molar-refractivity contribution in [2.45, 2.75) is 77.0 Å². The third-order valence-corrected chi connectivity index (χ3v) is 3.12. The summed E-state index contributed by atoms with van der Waals surface area (Å²) in [4.78, 5) is 0. The fourth-order valence-electron chi connectivity index (χ4n) is 2.03. The molecule has 0 saturated carbocycles. The molecular weight excluding hydrogens is 204 g/mol. The Morgan fingerprint density at radius 3 is 1.65 bits per heavy atom. The molecule has 0 aromatic heterocycles. The summed E-state index contributed by atoms with van der Waals surface area (Å²) in [6.07, 6.45) is 21.9. The van der Waals surface area contributed by atoms with Gasteiger partial charge in [0.2, 0.25) is 0 Å². The van der Waals surface area contributed by atoms with E-state index in [2.05, 4.69) is 13.0 Å². The molecule has 0 spiro atoms. The van der Waals surface area contributed by atoms with Crippen molar-refractivity contribution >= 4 is 0 Å². The van der Waals surface area contributed by atoms with Gasteiger partial charge in [-0.2, -0.15) is 0 Å². The van der Waals surface area contributed by atoms with Crippen LogP contribution in [0.2, 0.25) is 0 Å². The molecule has 0 aromatic carbocycles. The largest absolute Gasteiger partial charge is 0.0845 e. The van der Waals surface area contributed by atoms with Gasteiger partial charge >= 0.3 is 0 Å². The number of hydrogen-bond donors (Lipinski definition) is 0. The van der Waals surface area contributed by atoms with E-state index in [9.17, 15) is 0 Å². The van der Waals surface area contributed by atoms with E-state index in [-0.39, 0.29) is 0 Å². The summed E-state index contributed by atoms with van der Waals surface area (Å²) in [7, 11) is 0. The molecule has 0 saturated heterocycles. The highest BCUT2D eigenvalue weighted by Crippen LogP contribution is 2.11. The zero-order valence-corrected chi connectivity index (χ0v) is 11.5. The Balaban J connectivity index is 2.93. The van der Waals surface area contributed by atoms with Crippen molar-refractivity contribution in [1.82, 2.24) is 0 Å². The molecule has 0 nitrogen and oxygen atoms in total. The van der Waals surface area contributed by atoms with Crippen LogP contribution in [0.15, 0.2) is 18.2 Å². The smallest absolute Gasteiger partial charge is 0.0348 e. The van der Waals surface area contributed by atoms with E-state index in [0.29, 0.717) is 0 Å². The number of rotatable bonds is 13. The molecule has 0 heterocycles. The van der Waals surface area contributed by atoms with Crippen LogP contribution in [0.1, 0.15) is 77.0 Å². The summed E-state index contributed by atoms with van der Waals surface area (Å²) in [6.45, 7) is 9.12. The highest BCUT2D eigenvalue weighted by atomic mass is 14.0. The van der Waals surface area contributed by atoms with Gasteiger partial charge in [-0.1, -0.05) is 95.9 Å².